The molecule has 0 bridgehead atoms. The van der Waals surface area contributed by atoms with Gasteiger partial charge in [-0.05, 0) is 80.2 Å². The van der Waals surface area contributed by atoms with Gasteiger partial charge in [-0.25, -0.2) is 15.0 Å². The number of rotatable bonds is 5. The van der Waals surface area contributed by atoms with Gasteiger partial charge < -0.3 is 8.83 Å². The second kappa shape index (κ2) is 12.8. The first kappa shape index (κ1) is 32.4. The molecule has 0 aliphatic rings. The smallest absolute Gasteiger partial charge is 0.167 e. The Morgan fingerprint density at radius 3 is 1.81 bits per heavy atom. The molecule has 9 aromatic carbocycles. The van der Waals surface area contributed by atoms with Crippen molar-refractivity contribution >= 4 is 65.4 Å². The SMILES string of the molecule is c1ccc(-c2nc(-c3ccccc3-c3cccc4oc5ccc(-c6ccc7c(ccc8ccccc87)c6)cc5c34)nc(-c3cccc4c3oc3ccccc34)n2)cc1. The summed E-state index contributed by atoms with van der Waals surface area (Å²) in [4.78, 5) is 15.5. The van der Waals surface area contributed by atoms with Crippen molar-refractivity contribution in [2.45, 2.75) is 0 Å². The van der Waals surface area contributed by atoms with Crippen LogP contribution in [0.15, 0.2) is 197 Å². The zero-order valence-electron chi connectivity index (χ0n) is 31.1. The van der Waals surface area contributed by atoms with Gasteiger partial charge in [0.15, 0.2) is 17.5 Å². The number of para-hydroxylation sites is 2. The minimum atomic E-state index is 0.545. The Labute approximate surface area is 332 Å². The molecule has 12 rings (SSSR count). The van der Waals surface area contributed by atoms with Gasteiger partial charge >= 0.3 is 0 Å². The lowest BCUT2D eigenvalue weighted by Gasteiger charge is -2.13. The van der Waals surface area contributed by atoms with E-state index in [1.807, 2.05) is 72.8 Å². The highest BCUT2D eigenvalue weighted by atomic mass is 16.3. The van der Waals surface area contributed by atoms with Crippen LogP contribution in [0.5, 0.6) is 0 Å². The predicted molar refractivity (Wildman–Crippen MR) is 237 cm³/mol. The molecular weight excluding hydrogens is 711 g/mol. The summed E-state index contributed by atoms with van der Waals surface area (Å²) in [6.45, 7) is 0. The monoisotopic (exact) mass is 741 g/mol. The first-order valence-electron chi connectivity index (χ1n) is 19.4. The van der Waals surface area contributed by atoms with Gasteiger partial charge in [-0.3, -0.25) is 0 Å². The van der Waals surface area contributed by atoms with Crippen molar-refractivity contribution in [3.05, 3.63) is 188 Å². The molecule has 3 aromatic heterocycles. The number of hydrogen-bond acceptors (Lipinski definition) is 5. The van der Waals surface area contributed by atoms with Crippen LogP contribution < -0.4 is 0 Å². The summed E-state index contributed by atoms with van der Waals surface area (Å²) >= 11 is 0. The quantitative estimate of drug-likeness (QED) is 0.164. The van der Waals surface area contributed by atoms with Gasteiger partial charge in [0.1, 0.15) is 22.3 Å². The van der Waals surface area contributed by atoms with E-state index in [1.54, 1.807) is 0 Å². The standard InChI is InChI=1S/C53H31N3O2/c1-2-13-33(14-3-1)51-54-52(56-53(55-51)44-21-10-20-42-40-17-8-9-22-46(40)58-50(42)44)43-18-7-6-16-39(43)41-19-11-23-48-49(41)45-31-35(27-29-47(45)57-48)34-26-28-38-36(30-34)25-24-32-12-4-5-15-37(32)38/h1-31H. The van der Waals surface area contributed by atoms with Crippen LogP contribution in [0.25, 0.3) is 122 Å². The van der Waals surface area contributed by atoms with Crippen molar-refractivity contribution < 1.29 is 8.83 Å². The number of benzene rings is 9. The van der Waals surface area contributed by atoms with Crippen LogP contribution in [0.2, 0.25) is 0 Å². The number of hydrogen-bond donors (Lipinski definition) is 0. The van der Waals surface area contributed by atoms with Crippen molar-refractivity contribution in [1.29, 1.82) is 0 Å². The summed E-state index contributed by atoms with van der Waals surface area (Å²) in [5, 5.41) is 9.14. The van der Waals surface area contributed by atoms with E-state index in [2.05, 4.69) is 115 Å². The molecule has 0 N–H and O–H groups in total. The Morgan fingerprint density at radius 1 is 0.293 bits per heavy atom. The zero-order chi connectivity index (χ0) is 38.2. The van der Waals surface area contributed by atoms with Gasteiger partial charge in [0.2, 0.25) is 0 Å². The number of nitrogens with zero attached hydrogens (tertiary/aromatic N) is 3. The maximum Gasteiger partial charge on any atom is 0.167 e. The third-order valence-electron chi connectivity index (χ3n) is 11.3. The summed E-state index contributed by atoms with van der Waals surface area (Å²) < 4.78 is 13.0. The van der Waals surface area contributed by atoms with Gasteiger partial charge in [0, 0.05) is 32.7 Å². The lowest BCUT2D eigenvalue weighted by molar-refractivity contribution is 0.669. The third-order valence-corrected chi connectivity index (χ3v) is 11.3. The van der Waals surface area contributed by atoms with Crippen LogP contribution in [0.4, 0.5) is 0 Å². The fourth-order valence-corrected chi connectivity index (χ4v) is 8.59. The number of furan rings is 2. The molecule has 58 heavy (non-hydrogen) atoms. The molecule has 0 amide bonds. The average molecular weight is 742 g/mol. The highest BCUT2D eigenvalue weighted by Gasteiger charge is 2.21. The third kappa shape index (κ3) is 5.14. The lowest BCUT2D eigenvalue weighted by Crippen LogP contribution is -2.01. The Kier molecular flexibility index (Phi) is 7.16. The maximum atomic E-state index is 6.54. The topological polar surface area (TPSA) is 65.0 Å². The van der Waals surface area contributed by atoms with Crippen LogP contribution >= 0.6 is 0 Å². The molecule has 0 saturated carbocycles. The molecular formula is C53H31N3O2. The number of fused-ring (bicyclic) bond motifs is 9. The molecule has 3 heterocycles. The van der Waals surface area contributed by atoms with Crippen molar-refractivity contribution in [2.24, 2.45) is 0 Å². The van der Waals surface area contributed by atoms with Crippen molar-refractivity contribution in [3.8, 4) is 56.4 Å². The summed E-state index contributed by atoms with van der Waals surface area (Å²) in [5.74, 6) is 1.70. The average Bonchev–Trinajstić information content (AvgIpc) is 3.87. The second-order valence-corrected chi connectivity index (χ2v) is 14.7. The fourth-order valence-electron chi connectivity index (χ4n) is 8.59. The van der Waals surface area contributed by atoms with Crippen molar-refractivity contribution in [2.75, 3.05) is 0 Å². The minimum absolute atomic E-state index is 0.545. The molecule has 5 nitrogen and oxygen atoms in total. The molecule has 0 radical (unpaired) electrons. The normalized spacial score (nSPS) is 11.8. The highest BCUT2D eigenvalue weighted by molar-refractivity contribution is 6.15. The summed E-state index contributed by atoms with van der Waals surface area (Å²) in [7, 11) is 0. The van der Waals surface area contributed by atoms with Crippen LogP contribution in [-0.2, 0) is 0 Å². The Bertz CT molecular complexity index is 3580. The fraction of sp³-hybridized carbons (Fsp3) is 0. The largest absolute Gasteiger partial charge is 0.456 e. The molecule has 0 spiro atoms. The van der Waals surface area contributed by atoms with E-state index in [1.165, 1.54) is 21.5 Å². The minimum Gasteiger partial charge on any atom is -0.456 e. The second-order valence-electron chi connectivity index (χ2n) is 14.7. The molecule has 5 heteroatoms. The van der Waals surface area contributed by atoms with Crippen LogP contribution in [0.3, 0.4) is 0 Å². The molecule has 12 aromatic rings. The number of aromatic nitrogens is 3. The zero-order valence-corrected chi connectivity index (χ0v) is 31.1. The Morgan fingerprint density at radius 2 is 0.897 bits per heavy atom. The maximum absolute atomic E-state index is 6.54. The van der Waals surface area contributed by atoms with Crippen LogP contribution in [-0.4, -0.2) is 15.0 Å². The van der Waals surface area contributed by atoms with E-state index in [4.69, 9.17) is 23.8 Å². The first-order valence-corrected chi connectivity index (χ1v) is 19.4. The summed E-state index contributed by atoms with van der Waals surface area (Å²) in [6, 6.07) is 65.2. The molecule has 270 valence electrons. The summed E-state index contributed by atoms with van der Waals surface area (Å²) in [5.41, 5.74) is 10.1. The van der Waals surface area contributed by atoms with E-state index >= 15 is 0 Å². The Hall–Kier alpha value is -7.89. The first-order chi connectivity index (χ1) is 28.7. The van der Waals surface area contributed by atoms with Gasteiger partial charge in [0.25, 0.3) is 0 Å². The van der Waals surface area contributed by atoms with Gasteiger partial charge in [-0.2, -0.15) is 0 Å². The van der Waals surface area contributed by atoms with E-state index in [-0.39, 0.29) is 0 Å². The van der Waals surface area contributed by atoms with Crippen LogP contribution in [0, 0.1) is 0 Å². The molecule has 0 unspecified atom stereocenters. The predicted octanol–water partition coefficient (Wildman–Crippen LogP) is 14.3. The molecule has 0 fully saturated rings. The van der Waals surface area contributed by atoms with Gasteiger partial charge in [0.05, 0.1) is 5.56 Å². The molecule has 0 atom stereocenters. The van der Waals surface area contributed by atoms with Crippen molar-refractivity contribution in [1.82, 2.24) is 15.0 Å². The highest BCUT2D eigenvalue weighted by Crippen LogP contribution is 2.42. The van der Waals surface area contributed by atoms with E-state index in [9.17, 15) is 0 Å². The van der Waals surface area contributed by atoms with Crippen molar-refractivity contribution in [3.63, 3.8) is 0 Å². The van der Waals surface area contributed by atoms with Gasteiger partial charge in [-0.15, -0.1) is 0 Å². The Balaban J connectivity index is 1.04. The summed E-state index contributed by atoms with van der Waals surface area (Å²) in [6.07, 6.45) is 0. The molecule has 0 aliphatic carbocycles. The van der Waals surface area contributed by atoms with E-state index < -0.39 is 0 Å². The van der Waals surface area contributed by atoms with E-state index in [0.29, 0.717) is 17.5 Å². The lowest BCUT2D eigenvalue weighted by atomic mass is 9.93. The van der Waals surface area contributed by atoms with Crippen LogP contribution in [0.1, 0.15) is 0 Å². The van der Waals surface area contributed by atoms with Gasteiger partial charge in [-0.1, -0.05) is 152 Å². The molecule has 0 aliphatic heterocycles. The molecule has 0 saturated heterocycles. The van der Waals surface area contributed by atoms with E-state index in [0.717, 1.165) is 82.8 Å².